The molecule has 0 aromatic heterocycles. The van der Waals surface area contributed by atoms with Crippen molar-refractivity contribution in [3.63, 3.8) is 0 Å². The van der Waals surface area contributed by atoms with Crippen LogP contribution in [0.5, 0.6) is 11.5 Å². The number of quaternary nitrogens is 1. The van der Waals surface area contributed by atoms with E-state index in [0.29, 0.717) is 33.8 Å². The van der Waals surface area contributed by atoms with Crippen molar-refractivity contribution in [1.82, 2.24) is 5.32 Å². The predicted octanol–water partition coefficient (Wildman–Crippen LogP) is 3.62. The van der Waals surface area contributed by atoms with Gasteiger partial charge in [0.15, 0.2) is 5.78 Å². The topological polar surface area (TPSA) is 98.8 Å². The van der Waals surface area contributed by atoms with E-state index in [9.17, 15) is 23.9 Å². The van der Waals surface area contributed by atoms with Gasteiger partial charge < -0.3 is 24.4 Å². The maximum absolute atomic E-state index is 13.4. The van der Waals surface area contributed by atoms with Crippen molar-refractivity contribution >= 4 is 23.5 Å². The Bertz CT molecular complexity index is 1230. The van der Waals surface area contributed by atoms with Crippen molar-refractivity contribution in [1.29, 1.82) is 0 Å². The number of carbonyl (C=O) groups excluding carboxylic acids is 3. The number of aliphatic carboxylic acids is 1. The molecule has 0 saturated heterocycles. The zero-order valence-corrected chi connectivity index (χ0v) is 21.7. The van der Waals surface area contributed by atoms with Crippen molar-refractivity contribution in [2.45, 2.75) is 18.9 Å². The Morgan fingerprint density at radius 3 is 2.11 bits per heavy atom. The van der Waals surface area contributed by atoms with E-state index in [2.05, 4.69) is 5.32 Å². The molecule has 0 fully saturated rings. The van der Waals surface area contributed by atoms with Gasteiger partial charge in [0.2, 0.25) is 0 Å². The molecule has 3 aromatic rings. The van der Waals surface area contributed by atoms with E-state index >= 15 is 0 Å². The molecule has 0 spiro atoms. The molecule has 1 N–H and O–H groups in total. The molecular formula is C29H32FN3O5. The zero-order chi connectivity index (χ0) is 27.7. The fraction of sp³-hybridized carbons (Fsp3) is 0.276. The molecular weight excluding hydrogens is 489 g/mol. The van der Waals surface area contributed by atoms with Crippen LogP contribution in [0, 0.1) is 5.82 Å². The van der Waals surface area contributed by atoms with Gasteiger partial charge in [-0.3, -0.25) is 9.69 Å². The number of carboxylic acid groups (broad SMARTS) is 1. The van der Waals surface area contributed by atoms with Gasteiger partial charge in [0.1, 0.15) is 17.3 Å². The molecule has 0 radical (unpaired) electrons. The van der Waals surface area contributed by atoms with Crippen LogP contribution in [0.25, 0.3) is 0 Å². The summed E-state index contributed by atoms with van der Waals surface area (Å²) in [7, 11) is 5.66. The van der Waals surface area contributed by atoms with E-state index in [1.54, 1.807) is 24.3 Å². The number of nitrogens with zero attached hydrogens (tertiary/aromatic N) is 2. The average molecular weight is 522 g/mol. The molecule has 3 rings (SSSR count). The quantitative estimate of drug-likeness (QED) is 0.290. The van der Waals surface area contributed by atoms with Crippen LogP contribution < -0.4 is 20.1 Å². The molecule has 0 saturated carbocycles. The number of anilines is 1. The lowest BCUT2D eigenvalue weighted by molar-refractivity contribution is -0.871. The van der Waals surface area contributed by atoms with Gasteiger partial charge in [0.25, 0.3) is 0 Å². The zero-order valence-electron chi connectivity index (χ0n) is 21.7. The first-order valence-electron chi connectivity index (χ1n) is 12.2. The molecule has 38 heavy (non-hydrogen) atoms. The second-order valence-corrected chi connectivity index (χ2v) is 9.94. The minimum absolute atomic E-state index is 0.0172. The van der Waals surface area contributed by atoms with Gasteiger partial charge in [-0.25, -0.2) is 9.18 Å². The summed E-state index contributed by atoms with van der Waals surface area (Å²) in [4.78, 5) is 38.8. The molecule has 2 amide bonds. The summed E-state index contributed by atoms with van der Waals surface area (Å²) >= 11 is 0. The van der Waals surface area contributed by atoms with E-state index < -0.39 is 23.9 Å². The molecule has 0 aliphatic heterocycles. The van der Waals surface area contributed by atoms with E-state index in [4.69, 9.17) is 4.74 Å². The third-order valence-electron chi connectivity index (χ3n) is 5.61. The predicted molar refractivity (Wildman–Crippen MR) is 140 cm³/mol. The number of para-hydroxylation sites is 1. The number of carbonyl (C=O) groups is 3. The Morgan fingerprint density at radius 2 is 1.53 bits per heavy atom. The van der Waals surface area contributed by atoms with Crippen LogP contribution >= 0.6 is 0 Å². The highest BCUT2D eigenvalue weighted by atomic mass is 19.1. The monoisotopic (exact) mass is 521 g/mol. The van der Waals surface area contributed by atoms with Crippen LogP contribution in [0.2, 0.25) is 0 Å². The lowest BCUT2D eigenvalue weighted by Gasteiger charge is -2.32. The molecule has 0 aliphatic rings. The van der Waals surface area contributed by atoms with E-state index in [0.717, 1.165) is 0 Å². The van der Waals surface area contributed by atoms with Crippen molar-refractivity contribution in [3.05, 3.63) is 90.2 Å². The van der Waals surface area contributed by atoms with Gasteiger partial charge in [-0.1, -0.05) is 18.2 Å². The number of hydrogen-bond acceptors (Lipinski definition) is 5. The number of likely N-dealkylation sites (N-methyl/N-ethyl adjacent to an activating group) is 1. The first kappa shape index (κ1) is 28.3. The summed E-state index contributed by atoms with van der Waals surface area (Å²) in [6.45, 7) is 0.370. The Labute approximate surface area is 221 Å². The van der Waals surface area contributed by atoms with Gasteiger partial charge in [-0.05, 0) is 60.7 Å². The van der Waals surface area contributed by atoms with Gasteiger partial charge in [0.05, 0.1) is 33.7 Å². The number of nitrogens with one attached hydrogen (secondary N) is 1. The van der Waals surface area contributed by atoms with Crippen molar-refractivity contribution < 1.29 is 33.1 Å². The Hall–Kier alpha value is -4.24. The lowest BCUT2D eigenvalue weighted by atomic mass is 10.1. The minimum atomic E-state index is -1.27. The molecule has 8 nitrogen and oxygen atoms in total. The van der Waals surface area contributed by atoms with Gasteiger partial charge >= 0.3 is 6.03 Å². The molecule has 0 heterocycles. The molecule has 1 atom stereocenters. The van der Waals surface area contributed by atoms with Gasteiger partial charge in [0, 0.05) is 36.6 Å². The molecule has 0 bridgehead atoms. The number of ether oxygens (including phenoxy) is 1. The van der Waals surface area contributed by atoms with Crippen molar-refractivity contribution in [2.75, 3.05) is 39.1 Å². The number of amides is 2. The Balaban J connectivity index is 1.80. The summed E-state index contributed by atoms with van der Waals surface area (Å²) in [5.41, 5.74) is 0.825. The first-order chi connectivity index (χ1) is 18.0. The smallest absolute Gasteiger partial charge is 0.322 e. The van der Waals surface area contributed by atoms with Crippen LogP contribution in [0.15, 0.2) is 78.9 Å². The minimum Gasteiger partial charge on any atom is -0.550 e. The summed E-state index contributed by atoms with van der Waals surface area (Å²) in [6.07, 6.45) is -0.380. The van der Waals surface area contributed by atoms with Crippen LogP contribution in [0.3, 0.4) is 0 Å². The van der Waals surface area contributed by atoms with Crippen molar-refractivity contribution in [3.8, 4) is 11.5 Å². The number of carboxylic acids is 1. The second kappa shape index (κ2) is 12.8. The standard InChI is InChI=1S/C29H32FN3O5/c1-33(2,3)20-23(19-28(35)36)31-29(37)32(18-17-27(34)21-9-11-22(30)12-10-21)24-13-15-26(16-14-24)38-25-7-5-4-6-8-25/h4-16,23H,17-20H2,1-3H3,(H-,31,35,36,37)/t23-/m1/s1. The normalized spacial score (nSPS) is 11.9. The number of rotatable bonds is 12. The fourth-order valence-electron chi connectivity index (χ4n) is 3.94. The van der Waals surface area contributed by atoms with Gasteiger partial charge in [-0.2, -0.15) is 0 Å². The largest absolute Gasteiger partial charge is 0.550 e. The lowest BCUT2D eigenvalue weighted by Crippen LogP contribution is -2.54. The summed E-state index contributed by atoms with van der Waals surface area (Å²) in [5, 5.41) is 14.1. The number of Topliss-reactive ketones (excluding diaryl/α,β-unsaturated/α-hetero) is 1. The average Bonchev–Trinajstić information content (AvgIpc) is 2.84. The first-order valence-corrected chi connectivity index (χ1v) is 12.2. The summed E-state index contributed by atoms with van der Waals surface area (Å²) in [5.74, 6) is -0.766. The maximum Gasteiger partial charge on any atom is 0.322 e. The van der Waals surface area contributed by atoms with E-state index in [1.165, 1.54) is 29.2 Å². The number of benzene rings is 3. The molecule has 3 aromatic carbocycles. The number of urea groups is 1. The third kappa shape index (κ3) is 9.01. The highest BCUT2D eigenvalue weighted by molar-refractivity contribution is 5.98. The van der Waals surface area contributed by atoms with Crippen molar-refractivity contribution in [2.24, 2.45) is 0 Å². The van der Waals surface area contributed by atoms with Crippen LogP contribution in [-0.2, 0) is 4.79 Å². The summed E-state index contributed by atoms with van der Waals surface area (Å²) in [6, 6.07) is 20.0. The number of hydrogen-bond donors (Lipinski definition) is 1. The highest BCUT2D eigenvalue weighted by Gasteiger charge is 2.25. The molecule has 0 aliphatic carbocycles. The summed E-state index contributed by atoms with van der Waals surface area (Å²) < 4.78 is 19.5. The molecule has 9 heteroatoms. The number of ketones is 1. The highest BCUT2D eigenvalue weighted by Crippen LogP contribution is 2.25. The maximum atomic E-state index is 13.4. The van der Waals surface area contributed by atoms with Crippen LogP contribution in [0.1, 0.15) is 23.2 Å². The molecule has 0 unspecified atom stereocenters. The SMILES string of the molecule is C[N+](C)(C)C[C@@H](CC(=O)[O-])NC(=O)N(CCC(=O)c1ccc(F)cc1)c1ccc(Oc2ccccc2)cc1. The third-order valence-corrected chi connectivity index (χ3v) is 5.61. The van der Waals surface area contributed by atoms with Crippen LogP contribution in [0.4, 0.5) is 14.9 Å². The Morgan fingerprint density at radius 1 is 0.921 bits per heavy atom. The fourth-order valence-corrected chi connectivity index (χ4v) is 3.94. The number of halogens is 1. The van der Waals surface area contributed by atoms with E-state index in [1.807, 2.05) is 51.5 Å². The molecule has 200 valence electrons. The van der Waals surface area contributed by atoms with E-state index in [-0.39, 0.29) is 25.2 Å². The van der Waals surface area contributed by atoms with Gasteiger partial charge in [-0.15, -0.1) is 0 Å². The Kier molecular flexibility index (Phi) is 9.56. The second-order valence-electron chi connectivity index (χ2n) is 9.94. The van der Waals surface area contributed by atoms with Crippen LogP contribution in [-0.4, -0.2) is 62.5 Å².